The van der Waals surface area contributed by atoms with Crippen LogP contribution in [0.4, 0.5) is 0 Å². The van der Waals surface area contributed by atoms with Crippen molar-refractivity contribution < 1.29 is 14.4 Å². The lowest BCUT2D eigenvalue weighted by molar-refractivity contribution is -0.116. The lowest BCUT2D eigenvalue weighted by Crippen LogP contribution is -2.44. The summed E-state index contributed by atoms with van der Waals surface area (Å²) in [6.45, 7) is 0.377. The second-order valence-electron chi connectivity index (χ2n) is 10.4. The Morgan fingerprint density at radius 2 is 1.86 bits per heavy atom. The Hall–Kier alpha value is -2.52. The molecule has 10 heteroatoms. The van der Waals surface area contributed by atoms with E-state index in [4.69, 9.17) is 32.5 Å². The number of hydrogen-bond donors (Lipinski definition) is 2. The van der Waals surface area contributed by atoms with Crippen molar-refractivity contribution in [3.8, 4) is 11.3 Å². The van der Waals surface area contributed by atoms with Crippen LogP contribution in [-0.2, 0) is 16.9 Å². The monoisotopic (exact) mass is 525 g/mol. The van der Waals surface area contributed by atoms with Gasteiger partial charge in [0.05, 0.1) is 28.4 Å². The Balaban J connectivity index is 1.13. The second kappa shape index (κ2) is 8.52. The van der Waals surface area contributed by atoms with E-state index in [9.17, 15) is 5.11 Å². The van der Waals surface area contributed by atoms with Crippen molar-refractivity contribution in [2.45, 2.75) is 62.8 Å². The van der Waals surface area contributed by atoms with Crippen LogP contribution in [0.15, 0.2) is 35.0 Å². The zero-order valence-corrected chi connectivity index (χ0v) is 21.0. The molecule has 3 fully saturated rings. The number of H-pyrrole nitrogens is 1. The van der Waals surface area contributed by atoms with Crippen LogP contribution in [0, 0.1) is 11.8 Å². The average molecular weight is 526 g/mol. The molecule has 4 atom stereocenters. The molecule has 3 aliphatic carbocycles. The van der Waals surface area contributed by atoms with E-state index in [-0.39, 0.29) is 17.9 Å². The van der Waals surface area contributed by atoms with E-state index in [1.54, 1.807) is 6.20 Å². The van der Waals surface area contributed by atoms with Crippen molar-refractivity contribution in [2.24, 2.45) is 11.8 Å². The molecule has 186 valence electrons. The maximum Gasteiger partial charge on any atom is 0.201 e. The van der Waals surface area contributed by atoms with Crippen molar-refractivity contribution >= 4 is 34.4 Å². The van der Waals surface area contributed by atoms with Crippen molar-refractivity contribution in [3.63, 3.8) is 0 Å². The van der Waals surface area contributed by atoms with Gasteiger partial charge in [-0.1, -0.05) is 39.6 Å². The molecule has 3 aliphatic rings. The van der Waals surface area contributed by atoms with Gasteiger partial charge in [-0.05, 0) is 68.6 Å². The molecular weight excluding hydrogens is 501 g/mol. The van der Waals surface area contributed by atoms with E-state index in [1.165, 1.54) is 0 Å². The number of benzene rings is 1. The first-order valence-corrected chi connectivity index (χ1v) is 13.2. The smallest absolute Gasteiger partial charge is 0.201 e. The number of halogens is 2. The minimum Gasteiger partial charge on any atom is -0.385 e. The van der Waals surface area contributed by atoms with Gasteiger partial charge in [-0.25, -0.2) is 4.98 Å². The first kappa shape index (κ1) is 22.7. The van der Waals surface area contributed by atoms with Gasteiger partial charge in [-0.2, -0.15) is 0 Å². The number of aliphatic hydroxyl groups is 1. The number of aromatic nitrogens is 5. The van der Waals surface area contributed by atoms with E-state index < -0.39 is 5.60 Å². The van der Waals surface area contributed by atoms with Crippen LogP contribution >= 0.6 is 23.2 Å². The fourth-order valence-corrected chi connectivity index (χ4v) is 6.90. The Morgan fingerprint density at radius 1 is 1.11 bits per heavy atom. The summed E-state index contributed by atoms with van der Waals surface area (Å²) in [5.74, 6) is 1.44. The molecule has 2 N–H and O–H groups in total. The summed E-state index contributed by atoms with van der Waals surface area (Å²) in [5, 5.41) is 28.0. The molecule has 3 aromatic heterocycles. The van der Waals surface area contributed by atoms with E-state index in [2.05, 4.69) is 25.6 Å². The van der Waals surface area contributed by atoms with Crippen molar-refractivity contribution in [3.05, 3.63) is 57.4 Å². The highest BCUT2D eigenvalue weighted by Crippen LogP contribution is 2.56. The topological polar surface area (TPSA) is 110 Å². The van der Waals surface area contributed by atoms with Gasteiger partial charge in [-0.3, -0.25) is 5.10 Å². The van der Waals surface area contributed by atoms with Gasteiger partial charge in [-0.15, -0.1) is 5.10 Å². The normalized spacial score (nSPS) is 27.7. The van der Waals surface area contributed by atoms with Crippen LogP contribution in [0.2, 0.25) is 10.0 Å². The minimum atomic E-state index is -0.918. The lowest BCUT2D eigenvalue weighted by atomic mass is 9.70. The molecule has 3 heterocycles. The maximum atomic E-state index is 11.9. The second-order valence-corrected chi connectivity index (χ2v) is 11.2. The van der Waals surface area contributed by atoms with Crippen molar-refractivity contribution in [2.75, 3.05) is 0 Å². The number of rotatable bonds is 6. The number of aromatic amines is 1. The van der Waals surface area contributed by atoms with Gasteiger partial charge in [0.15, 0.2) is 0 Å². The van der Waals surface area contributed by atoms with E-state index in [1.807, 2.05) is 24.3 Å². The number of pyridine rings is 1. The van der Waals surface area contributed by atoms with Gasteiger partial charge in [0.2, 0.25) is 5.65 Å². The van der Waals surface area contributed by atoms with Crippen molar-refractivity contribution in [1.82, 2.24) is 25.6 Å². The number of nitrogens with zero attached hydrogens (tertiary/aromatic N) is 4. The predicted octanol–water partition coefficient (Wildman–Crippen LogP) is 5.79. The van der Waals surface area contributed by atoms with Gasteiger partial charge < -0.3 is 14.4 Å². The van der Waals surface area contributed by atoms with Crippen molar-refractivity contribution in [1.29, 1.82) is 0 Å². The van der Waals surface area contributed by atoms with Crippen LogP contribution < -0.4 is 0 Å². The molecule has 4 aromatic rings. The molecule has 3 saturated carbocycles. The maximum absolute atomic E-state index is 11.9. The number of hydrogen-bond acceptors (Lipinski definition) is 7. The Bertz CT molecular complexity index is 1410. The zero-order valence-electron chi connectivity index (χ0n) is 19.5. The molecular formula is C26H25Cl2N5O3. The van der Waals surface area contributed by atoms with Gasteiger partial charge in [0.1, 0.15) is 17.0 Å². The SMILES string of the molecule is O[C@@]1(c2cnc3nn[nH]c3c2)[C@@H]2CC[C@H]1C[C@H](OCc1c(-c3c(Cl)cccc3Cl)noc1C1CC1)C2. The third kappa shape index (κ3) is 3.57. The average Bonchev–Trinajstić information content (AvgIpc) is 3.42. The first-order valence-electron chi connectivity index (χ1n) is 12.5. The molecule has 7 rings (SSSR count). The summed E-state index contributed by atoms with van der Waals surface area (Å²) in [7, 11) is 0. The highest BCUT2D eigenvalue weighted by atomic mass is 35.5. The van der Waals surface area contributed by atoms with Crippen LogP contribution in [0.3, 0.4) is 0 Å². The standard InChI is InChI=1S/C26H25Cl2N5O3/c27-19-2-1-3-20(28)22(19)23-18(24(36-32-23)13-4-5-13)12-35-17-8-14-6-7-15(9-17)26(14,34)16-10-21-25(29-11-16)31-33-30-21/h1-3,10-11,13-15,17,34H,4-9,12H2,(H,29,30,31,33)/t14-,15+,17-,26+. The number of nitrogens with one attached hydrogen (secondary N) is 1. The van der Waals surface area contributed by atoms with Gasteiger partial charge in [0.25, 0.3) is 0 Å². The summed E-state index contributed by atoms with van der Waals surface area (Å²) in [5.41, 5.74) is 3.49. The van der Waals surface area contributed by atoms with Gasteiger partial charge in [0, 0.05) is 28.8 Å². The molecule has 36 heavy (non-hydrogen) atoms. The molecule has 0 aliphatic heterocycles. The lowest BCUT2D eigenvalue weighted by Gasteiger charge is -2.42. The van der Waals surface area contributed by atoms with E-state index in [0.29, 0.717) is 39.5 Å². The van der Waals surface area contributed by atoms with Gasteiger partial charge >= 0.3 is 0 Å². The molecule has 0 saturated heterocycles. The third-order valence-electron chi connectivity index (χ3n) is 8.28. The fourth-order valence-electron chi connectivity index (χ4n) is 6.32. The zero-order chi connectivity index (χ0) is 24.4. The molecule has 1 aromatic carbocycles. The molecule has 8 nitrogen and oxygen atoms in total. The Morgan fingerprint density at radius 3 is 2.58 bits per heavy atom. The summed E-state index contributed by atoms with van der Waals surface area (Å²) in [6.07, 6.45) is 7.42. The molecule has 0 unspecified atom stereocenters. The summed E-state index contributed by atoms with van der Waals surface area (Å²) in [4.78, 5) is 4.40. The van der Waals surface area contributed by atoms with Crippen LogP contribution in [0.1, 0.15) is 61.3 Å². The van der Waals surface area contributed by atoms with E-state index >= 15 is 0 Å². The summed E-state index contributed by atoms with van der Waals surface area (Å²) in [6, 6.07) is 7.38. The molecule has 0 spiro atoms. The highest BCUT2D eigenvalue weighted by Gasteiger charge is 2.54. The number of ether oxygens (including phenoxy) is 1. The summed E-state index contributed by atoms with van der Waals surface area (Å²) < 4.78 is 12.3. The molecule has 2 bridgehead atoms. The minimum absolute atomic E-state index is 0.0322. The molecule has 0 amide bonds. The van der Waals surface area contributed by atoms with Crippen LogP contribution in [-0.4, -0.2) is 36.8 Å². The first-order chi connectivity index (χ1) is 17.5. The summed E-state index contributed by atoms with van der Waals surface area (Å²) >= 11 is 13.0. The fraction of sp³-hybridized carbons (Fsp3) is 0.462. The third-order valence-corrected chi connectivity index (χ3v) is 8.91. The predicted molar refractivity (Wildman–Crippen MR) is 134 cm³/mol. The number of fused-ring (bicyclic) bond motifs is 3. The van der Waals surface area contributed by atoms with E-state index in [0.717, 1.165) is 60.9 Å². The van der Waals surface area contributed by atoms with Crippen LogP contribution in [0.5, 0.6) is 0 Å². The Labute approximate surface area is 217 Å². The largest absolute Gasteiger partial charge is 0.385 e. The highest BCUT2D eigenvalue weighted by molar-refractivity contribution is 6.39. The Kier molecular flexibility index (Phi) is 5.36. The quantitative estimate of drug-likeness (QED) is 0.328. The van der Waals surface area contributed by atoms with Crippen LogP contribution in [0.25, 0.3) is 22.4 Å². The molecule has 0 radical (unpaired) electrons.